The van der Waals surface area contributed by atoms with Crippen molar-refractivity contribution in [1.82, 2.24) is 19.7 Å². The van der Waals surface area contributed by atoms with Gasteiger partial charge in [0.2, 0.25) is 11.8 Å². The highest BCUT2D eigenvalue weighted by molar-refractivity contribution is 7.71. The molecule has 3 aromatic rings. The number of H-pyrrole nitrogens is 1. The van der Waals surface area contributed by atoms with Crippen molar-refractivity contribution in [2.24, 2.45) is 5.73 Å². The molecule has 4 rings (SSSR count). The highest BCUT2D eigenvalue weighted by Gasteiger charge is 2.28. The monoisotopic (exact) mass is 450 g/mol. The van der Waals surface area contributed by atoms with Gasteiger partial charge in [-0.05, 0) is 56.2 Å². The van der Waals surface area contributed by atoms with Gasteiger partial charge < -0.3 is 11.1 Å². The number of primary amides is 1. The number of aryl methyl sites for hydroxylation is 1. The van der Waals surface area contributed by atoms with Crippen LogP contribution >= 0.6 is 12.2 Å². The molecule has 1 aliphatic rings. The molecule has 2 amide bonds. The summed E-state index contributed by atoms with van der Waals surface area (Å²) in [6.07, 6.45) is 1.75. The van der Waals surface area contributed by atoms with E-state index in [1.54, 1.807) is 4.57 Å². The number of aromatic nitrogens is 3. The Morgan fingerprint density at radius 1 is 1.25 bits per heavy atom. The van der Waals surface area contributed by atoms with E-state index in [0.717, 1.165) is 36.1 Å². The summed E-state index contributed by atoms with van der Waals surface area (Å²) in [5.74, 6) is 0.128. The van der Waals surface area contributed by atoms with Gasteiger partial charge in [0, 0.05) is 17.8 Å². The second-order valence-electron chi connectivity index (χ2n) is 8.08. The fourth-order valence-electron chi connectivity index (χ4n) is 4.05. The van der Waals surface area contributed by atoms with Crippen molar-refractivity contribution in [3.63, 3.8) is 0 Å². The molecule has 1 unspecified atom stereocenters. The van der Waals surface area contributed by atoms with E-state index in [9.17, 15) is 9.59 Å². The molecule has 8 nitrogen and oxygen atoms in total. The average molecular weight is 451 g/mol. The summed E-state index contributed by atoms with van der Waals surface area (Å²) >= 11 is 5.34. The van der Waals surface area contributed by atoms with Gasteiger partial charge in [-0.1, -0.05) is 42.0 Å². The maximum absolute atomic E-state index is 12.8. The van der Waals surface area contributed by atoms with Crippen LogP contribution < -0.4 is 11.1 Å². The van der Waals surface area contributed by atoms with Crippen LogP contribution in [0.3, 0.4) is 0 Å². The molecule has 1 aromatic heterocycles. The Bertz CT molecular complexity index is 1180. The highest BCUT2D eigenvalue weighted by atomic mass is 32.1. The van der Waals surface area contributed by atoms with Crippen molar-refractivity contribution in [2.75, 3.05) is 11.9 Å². The number of rotatable bonds is 7. The van der Waals surface area contributed by atoms with Crippen LogP contribution in [-0.2, 0) is 22.7 Å². The number of nitrogens with zero attached hydrogens (tertiary/aromatic N) is 3. The first-order chi connectivity index (χ1) is 15.4. The molecule has 2 aromatic carbocycles. The smallest absolute Gasteiger partial charge is 0.244 e. The van der Waals surface area contributed by atoms with Gasteiger partial charge >= 0.3 is 0 Å². The maximum Gasteiger partial charge on any atom is 0.244 e. The minimum atomic E-state index is -0.284. The van der Waals surface area contributed by atoms with Crippen molar-refractivity contribution in [3.05, 3.63) is 64.4 Å². The van der Waals surface area contributed by atoms with Gasteiger partial charge in [0.1, 0.15) is 6.54 Å². The van der Waals surface area contributed by atoms with E-state index in [0.29, 0.717) is 22.8 Å². The van der Waals surface area contributed by atoms with Crippen molar-refractivity contribution < 1.29 is 9.59 Å². The summed E-state index contributed by atoms with van der Waals surface area (Å²) < 4.78 is 2.07. The molecule has 1 aliphatic heterocycles. The lowest BCUT2D eigenvalue weighted by molar-refractivity contribution is -0.122. The zero-order valence-electron chi connectivity index (χ0n) is 17.9. The molecule has 2 heterocycles. The fraction of sp³-hybridized carbons (Fsp3) is 0.304. The Hall–Kier alpha value is -3.30. The fourth-order valence-corrected chi connectivity index (χ4v) is 4.25. The number of amides is 2. The minimum Gasteiger partial charge on any atom is -0.368 e. The van der Waals surface area contributed by atoms with Crippen LogP contribution in [0.25, 0.3) is 11.4 Å². The van der Waals surface area contributed by atoms with E-state index in [2.05, 4.69) is 20.4 Å². The molecular formula is C23H26N6O2S. The van der Waals surface area contributed by atoms with E-state index in [1.807, 2.05) is 55.5 Å². The molecule has 4 N–H and O–H groups in total. The summed E-state index contributed by atoms with van der Waals surface area (Å²) in [7, 11) is 0. The minimum absolute atomic E-state index is 0.0403. The van der Waals surface area contributed by atoms with Gasteiger partial charge in [0.05, 0.1) is 6.04 Å². The predicted octanol–water partition coefficient (Wildman–Crippen LogP) is 3.00. The van der Waals surface area contributed by atoms with E-state index < -0.39 is 0 Å². The summed E-state index contributed by atoms with van der Waals surface area (Å²) in [6.45, 7) is 3.51. The quantitative estimate of drug-likeness (QED) is 0.480. The SMILES string of the molecule is Cc1ccc(-c2n[nH]c(=S)n2CC(=O)Nc2cccc(CN3CCCC3C(N)=O)c2)cc1. The van der Waals surface area contributed by atoms with Crippen molar-refractivity contribution in [1.29, 1.82) is 0 Å². The third kappa shape index (κ3) is 4.95. The second kappa shape index (κ2) is 9.46. The van der Waals surface area contributed by atoms with Gasteiger partial charge in [0.25, 0.3) is 0 Å². The molecule has 1 fully saturated rings. The molecular weight excluding hydrogens is 424 g/mol. The van der Waals surface area contributed by atoms with Crippen molar-refractivity contribution >= 4 is 29.7 Å². The van der Waals surface area contributed by atoms with Gasteiger partial charge in [0.15, 0.2) is 10.6 Å². The van der Waals surface area contributed by atoms with Crippen molar-refractivity contribution in [2.45, 2.75) is 38.9 Å². The lowest BCUT2D eigenvalue weighted by atomic mass is 10.1. The average Bonchev–Trinajstić information content (AvgIpc) is 3.36. The molecule has 166 valence electrons. The Morgan fingerprint density at radius 2 is 2.03 bits per heavy atom. The summed E-state index contributed by atoms with van der Waals surface area (Å²) in [4.78, 5) is 26.5. The molecule has 0 spiro atoms. The second-order valence-corrected chi connectivity index (χ2v) is 8.47. The zero-order valence-corrected chi connectivity index (χ0v) is 18.7. The van der Waals surface area contributed by atoms with Crippen molar-refractivity contribution in [3.8, 4) is 11.4 Å². The number of anilines is 1. The number of nitrogens with one attached hydrogen (secondary N) is 2. The third-order valence-electron chi connectivity index (χ3n) is 5.66. The molecule has 0 bridgehead atoms. The van der Waals surface area contributed by atoms with Crippen LogP contribution in [0.1, 0.15) is 24.0 Å². The van der Waals surface area contributed by atoms with E-state index >= 15 is 0 Å². The van der Waals surface area contributed by atoms with Crippen LogP contribution in [-0.4, -0.2) is 44.1 Å². The Balaban J connectivity index is 1.45. The number of nitrogens with two attached hydrogens (primary N) is 1. The van der Waals surface area contributed by atoms with Crippen LogP contribution in [0, 0.1) is 11.7 Å². The van der Waals surface area contributed by atoms with Crippen LogP contribution in [0.2, 0.25) is 0 Å². The van der Waals surface area contributed by atoms with Gasteiger partial charge in [-0.3, -0.25) is 24.2 Å². The van der Waals surface area contributed by atoms with E-state index in [4.69, 9.17) is 18.0 Å². The molecule has 0 aliphatic carbocycles. The van der Waals surface area contributed by atoms with E-state index in [-0.39, 0.29) is 24.4 Å². The van der Waals surface area contributed by atoms with Crippen LogP contribution in [0.5, 0.6) is 0 Å². The van der Waals surface area contributed by atoms with Gasteiger partial charge in [-0.2, -0.15) is 5.10 Å². The van der Waals surface area contributed by atoms with Gasteiger partial charge in [-0.25, -0.2) is 0 Å². The summed E-state index contributed by atoms with van der Waals surface area (Å²) in [5, 5.41) is 10.0. The predicted molar refractivity (Wildman–Crippen MR) is 125 cm³/mol. The molecule has 9 heteroatoms. The number of carbonyl (C=O) groups is 2. The normalized spacial score (nSPS) is 16.2. The highest BCUT2D eigenvalue weighted by Crippen LogP contribution is 2.22. The summed E-state index contributed by atoms with van der Waals surface area (Å²) in [6, 6.07) is 15.3. The lowest BCUT2D eigenvalue weighted by Gasteiger charge is -2.22. The molecule has 0 radical (unpaired) electrons. The first kappa shape index (κ1) is 21.9. The maximum atomic E-state index is 12.8. The Morgan fingerprint density at radius 3 is 2.78 bits per heavy atom. The number of aromatic amines is 1. The zero-order chi connectivity index (χ0) is 22.7. The number of likely N-dealkylation sites (tertiary alicyclic amines) is 1. The van der Waals surface area contributed by atoms with Crippen LogP contribution in [0.15, 0.2) is 48.5 Å². The van der Waals surface area contributed by atoms with Crippen LogP contribution in [0.4, 0.5) is 5.69 Å². The molecule has 0 saturated carbocycles. The first-order valence-corrected chi connectivity index (χ1v) is 11.0. The number of benzene rings is 2. The lowest BCUT2D eigenvalue weighted by Crippen LogP contribution is -2.39. The Kier molecular flexibility index (Phi) is 6.48. The topological polar surface area (TPSA) is 109 Å². The Labute approximate surface area is 191 Å². The number of carbonyl (C=O) groups excluding carboxylic acids is 2. The molecule has 1 saturated heterocycles. The largest absolute Gasteiger partial charge is 0.368 e. The number of hydrogen-bond donors (Lipinski definition) is 3. The van der Waals surface area contributed by atoms with E-state index in [1.165, 1.54) is 0 Å². The van der Waals surface area contributed by atoms with Gasteiger partial charge in [-0.15, -0.1) is 0 Å². The molecule has 1 atom stereocenters. The third-order valence-corrected chi connectivity index (χ3v) is 5.97. The first-order valence-electron chi connectivity index (χ1n) is 10.5. The molecule has 32 heavy (non-hydrogen) atoms. The summed E-state index contributed by atoms with van der Waals surface area (Å²) in [5.41, 5.74) is 9.24. The standard InChI is InChI=1S/C23H26N6O2S/c1-15-7-9-17(10-8-15)22-26-27-23(32)29(22)14-20(30)25-18-5-2-4-16(12-18)13-28-11-3-6-19(28)21(24)31/h2,4-5,7-10,12,19H,3,6,11,13-14H2,1H3,(H2,24,31)(H,25,30)(H,27,32). The number of hydrogen-bond acceptors (Lipinski definition) is 5.